The van der Waals surface area contributed by atoms with Crippen LogP contribution in [0.1, 0.15) is 53.9 Å². The summed E-state index contributed by atoms with van der Waals surface area (Å²) in [5.74, 6) is 0.345. The summed E-state index contributed by atoms with van der Waals surface area (Å²) in [6, 6.07) is 0. The summed E-state index contributed by atoms with van der Waals surface area (Å²) < 4.78 is 0. The van der Waals surface area contributed by atoms with Gasteiger partial charge in [0, 0.05) is 5.92 Å². The van der Waals surface area contributed by atoms with E-state index in [-0.39, 0.29) is 0 Å². The lowest BCUT2D eigenvalue weighted by atomic mass is 9.72. The molecule has 0 N–H and O–H groups in total. The van der Waals surface area contributed by atoms with Crippen LogP contribution in [-0.4, -0.2) is 0 Å². The van der Waals surface area contributed by atoms with Gasteiger partial charge in [0.2, 0.25) is 0 Å². The molecule has 0 fully saturated rings. The number of allylic oxidation sites excluding steroid dienone is 13. The molecule has 0 nitrogen and oxygen atoms in total. The van der Waals surface area contributed by atoms with Crippen molar-refractivity contribution in [1.29, 1.82) is 0 Å². The molecule has 1 atom stereocenters. The molecule has 0 radical (unpaired) electrons. The van der Waals surface area contributed by atoms with Crippen LogP contribution in [0.2, 0.25) is 0 Å². The molecule has 0 aromatic heterocycles. The summed E-state index contributed by atoms with van der Waals surface area (Å²) in [5, 5.41) is 0. The molecule has 0 spiro atoms. The molecule has 0 bridgehead atoms. The molecule has 0 aromatic carbocycles. The molecule has 0 amide bonds. The van der Waals surface area contributed by atoms with Gasteiger partial charge in [-0.15, -0.1) is 0 Å². The Kier molecular flexibility index (Phi) is 6.04. The van der Waals surface area contributed by atoms with Crippen LogP contribution in [0.25, 0.3) is 0 Å². The standard InChI is InChI=1S/C24H32/c1-18(2)22-11-7-10-21(13-14-22)17-19(3)12-15-23-20(4)9-8-16-24(23,5)6/h7,10-15,17,21H,1,8-9,16H2,2-6H3/b15-12+,19-17-. The van der Waals surface area contributed by atoms with Gasteiger partial charge in [-0.3, -0.25) is 0 Å². The fraction of sp³-hybridized carbons (Fsp3) is 0.417. The Morgan fingerprint density at radius 2 is 2.00 bits per heavy atom. The predicted octanol–water partition coefficient (Wildman–Crippen LogP) is 7.26. The van der Waals surface area contributed by atoms with Crippen LogP contribution >= 0.6 is 0 Å². The molecular formula is C24H32. The molecule has 0 saturated heterocycles. The van der Waals surface area contributed by atoms with Crippen molar-refractivity contribution in [2.75, 3.05) is 0 Å². The Balaban J connectivity index is 2.12. The van der Waals surface area contributed by atoms with Crippen molar-refractivity contribution >= 4 is 0 Å². The lowest BCUT2D eigenvalue weighted by Crippen LogP contribution is -2.19. The van der Waals surface area contributed by atoms with Crippen LogP contribution in [0, 0.1) is 11.3 Å². The van der Waals surface area contributed by atoms with E-state index in [0.29, 0.717) is 11.3 Å². The second-order valence-electron chi connectivity index (χ2n) is 7.90. The van der Waals surface area contributed by atoms with E-state index in [0.717, 1.165) is 5.57 Å². The third kappa shape index (κ3) is 4.84. The van der Waals surface area contributed by atoms with Gasteiger partial charge in [0.25, 0.3) is 0 Å². The molecule has 0 aromatic rings. The summed E-state index contributed by atoms with van der Waals surface area (Å²) in [6.07, 6.45) is 21.7. The highest BCUT2D eigenvalue weighted by Crippen LogP contribution is 2.40. The van der Waals surface area contributed by atoms with Crippen LogP contribution in [0.4, 0.5) is 0 Å². The quantitative estimate of drug-likeness (QED) is 0.478. The van der Waals surface area contributed by atoms with Crippen molar-refractivity contribution in [2.24, 2.45) is 11.3 Å². The first-order valence-electron chi connectivity index (χ1n) is 9.09. The molecule has 24 heavy (non-hydrogen) atoms. The molecule has 2 rings (SSSR count). The average Bonchev–Trinajstić information content (AvgIpc) is 2.71. The third-order valence-electron chi connectivity index (χ3n) is 5.11. The Labute approximate surface area is 148 Å². The number of rotatable bonds is 4. The summed E-state index contributed by atoms with van der Waals surface area (Å²) in [5.41, 5.74) is 7.02. The first-order chi connectivity index (χ1) is 11.3. The predicted molar refractivity (Wildman–Crippen MR) is 108 cm³/mol. The van der Waals surface area contributed by atoms with Gasteiger partial charge < -0.3 is 0 Å². The van der Waals surface area contributed by atoms with E-state index in [1.54, 1.807) is 5.57 Å². The summed E-state index contributed by atoms with van der Waals surface area (Å²) >= 11 is 0. The zero-order valence-electron chi connectivity index (χ0n) is 16.0. The molecule has 2 aliphatic rings. The van der Waals surface area contributed by atoms with Gasteiger partial charge >= 0.3 is 0 Å². The largest absolute Gasteiger partial charge is 0.0955 e. The van der Waals surface area contributed by atoms with Crippen LogP contribution < -0.4 is 0 Å². The maximum Gasteiger partial charge on any atom is 0.0139 e. The smallest absolute Gasteiger partial charge is 0.0139 e. The number of hydrogen-bond donors (Lipinski definition) is 0. The summed E-state index contributed by atoms with van der Waals surface area (Å²) in [4.78, 5) is 0. The van der Waals surface area contributed by atoms with Crippen LogP contribution in [-0.2, 0) is 0 Å². The van der Waals surface area contributed by atoms with Crippen molar-refractivity contribution < 1.29 is 0 Å². The zero-order valence-corrected chi connectivity index (χ0v) is 16.0. The molecule has 0 heterocycles. The van der Waals surface area contributed by atoms with E-state index in [4.69, 9.17) is 0 Å². The van der Waals surface area contributed by atoms with Gasteiger partial charge in [0.15, 0.2) is 0 Å². The molecule has 1 unspecified atom stereocenters. The highest BCUT2D eigenvalue weighted by Gasteiger charge is 2.26. The van der Waals surface area contributed by atoms with E-state index in [1.165, 1.54) is 36.0 Å². The lowest BCUT2D eigenvalue weighted by molar-refractivity contribution is 0.377. The summed E-state index contributed by atoms with van der Waals surface area (Å²) in [6.45, 7) is 15.3. The topological polar surface area (TPSA) is 0 Å². The fourth-order valence-electron chi connectivity index (χ4n) is 3.60. The van der Waals surface area contributed by atoms with Gasteiger partial charge in [-0.2, -0.15) is 0 Å². The summed E-state index contributed by atoms with van der Waals surface area (Å²) in [7, 11) is 0. The normalized spacial score (nSPS) is 24.3. The third-order valence-corrected chi connectivity index (χ3v) is 5.11. The molecular weight excluding hydrogens is 288 g/mol. The van der Waals surface area contributed by atoms with E-state index in [2.05, 4.69) is 89.8 Å². The Hall–Kier alpha value is -1.82. The lowest BCUT2D eigenvalue weighted by Gasteiger charge is -2.33. The monoisotopic (exact) mass is 320 g/mol. The highest BCUT2D eigenvalue weighted by molar-refractivity contribution is 5.43. The first-order valence-corrected chi connectivity index (χ1v) is 9.09. The van der Waals surface area contributed by atoms with Crippen molar-refractivity contribution in [3.63, 3.8) is 0 Å². The van der Waals surface area contributed by atoms with Crippen molar-refractivity contribution in [2.45, 2.75) is 53.9 Å². The SMILES string of the molecule is C=C(C)C1=CC=CC(/C=C(C)\C=C\C2=C(C)CCCC2(C)C)C=C1. The van der Waals surface area contributed by atoms with Crippen molar-refractivity contribution in [1.82, 2.24) is 0 Å². The second kappa shape index (κ2) is 7.83. The van der Waals surface area contributed by atoms with Gasteiger partial charge in [-0.25, -0.2) is 0 Å². The number of hydrogen-bond acceptors (Lipinski definition) is 0. The zero-order chi connectivity index (χ0) is 17.7. The molecule has 0 heteroatoms. The molecule has 0 aliphatic heterocycles. The maximum atomic E-state index is 4.02. The van der Waals surface area contributed by atoms with E-state index in [9.17, 15) is 0 Å². The highest BCUT2D eigenvalue weighted by atomic mass is 14.3. The van der Waals surface area contributed by atoms with Crippen LogP contribution in [0.3, 0.4) is 0 Å². The Bertz CT molecular complexity index is 669. The second-order valence-corrected chi connectivity index (χ2v) is 7.90. The Morgan fingerprint density at radius 1 is 1.25 bits per heavy atom. The Morgan fingerprint density at radius 3 is 2.67 bits per heavy atom. The van der Waals surface area contributed by atoms with Crippen LogP contribution in [0.15, 0.2) is 83.1 Å². The first kappa shape index (κ1) is 18.5. The minimum absolute atomic E-state index is 0.307. The molecule has 0 saturated carbocycles. The van der Waals surface area contributed by atoms with Crippen molar-refractivity contribution in [3.8, 4) is 0 Å². The van der Waals surface area contributed by atoms with Gasteiger partial charge in [-0.05, 0) is 56.6 Å². The van der Waals surface area contributed by atoms with E-state index < -0.39 is 0 Å². The van der Waals surface area contributed by atoms with Gasteiger partial charge in [-0.1, -0.05) is 85.8 Å². The van der Waals surface area contributed by atoms with Crippen LogP contribution in [0.5, 0.6) is 0 Å². The molecule has 128 valence electrons. The molecule has 2 aliphatic carbocycles. The van der Waals surface area contributed by atoms with Crippen molar-refractivity contribution in [3.05, 3.63) is 83.1 Å². The average molecular weight is 321 g/mol. The minimum atomic E-state index is 0.307. The fourth-order valence-corrected chi connectivity index (χ4v) is 3.60. The van der Waals surface area contributed by atoms with Gasteiger partial charge in [0.1, 0.15) is 0 Å². The van der Waals surface area contributed by atoms with Gasteiger partial charge in [0.05, 0.1) is 0 Å². The minimum Gasteiger partial charge on any atom is -0.0955 e. The van der Waals surface area contributed by atoms with E-state index in [1.807, 2.05) is 0 Å². The van der Waals surface area contributed by atoms with E-state index >= 15 is 0 Å². The maximum absolute atomic E-state index is 4.02.